The van der Waals surface area contributed by atoms with Gasteiger partial charge < -0.3 is 10.4 Å². The van der Waals surface area contributed by atoms with E-state index in [2.05, 4.69) is 10.3 Å². The lowest BCUT2D eigenvalue weighted by Gasteiger charge is -2.04. The lowest BCUT2D eigenvalue weighted by Crippen LogP contribution is -2.25. The summed E-state index contributed by atoms with van der Waals surface area (Å²) in [5.41, 5.74) is 1.32. The molecular formula is C13H20N2O2. The van der Waals surface area contributed by atoms with E-state index in [1.807, 2.05) is 19.1 Å². The van der Waals surface area contributed by atoms with Gasteiger partial charge in [0, 0.05) is 18.8 Å². The zero-order valence-electron chi connectivity index (χ0n) is 10.3. The monoisotopic (exact) mass is 236 g/mol. The Labute approximate surface area is 102 Å². The number of aromatic nitrogens is 1. The molecule has 0 bridgehead atoms. The number of carbonyl (C=O) groups excluding carboxylic acids is 1. The zero-order valence-corrected chi connectivity index (χ0v) is 10.3. The first-order chi connectivity index (χ1) is 8.24. The predicted octanol–water partition coefficient (Wildman–Crippen LogP) is 1.67. The van der Waals surface area contributed by atoms with Gasteiger partial charge in [0.1, 0.15) is 5.69 Å². The summed E-state index contributed by atoms with van der Waals surface area (Å²) < 4.78 is 0. The van der Waals surface area contributed by atoms with Gasteiger partial charge in [-0.1, -0.05) is 18.9 Å². The Bertz CT molecular complexity index is 353. The molecule has 0 radical (unpaired) electrons. The quantitative estimate of drug-likeness (QED) is 0.708. The van der Waals surface area contributed by atoms with E-state index in [4.69, 9.17) is 5.11 Å². The van der Waals surface area contributed by atoms with E-state index >= 15 is 0 Å². The first-order valence-corrected chi connectivity index (χ1v) is 6.07. The fourth-order valence-corrected chi connectivity index (χ4v) is 1.55. The van der Waals surface area contributed by atoms with Crippen LogP contribution in [-0.2, 0) is 0 Å². The van der Waals surface area contributed by atoms with E-state index in [0.29, 0.717) is 12.2 Å². The second-order valence-corrected chi connectivity index (χ2v) is 4.06. The molecule has 17 heavy (non-hydrogen) atoms. The summed E-state index contributed by atoms with van der Waals surface area (Å²) in [6, 6.07) is 5.41. The summed E-state index contributed by atoms with van der Waals surface area (Å²) in [6.45, 7) is 2.78. The minimum atomic E-state index is -0.115. The van der Waals surface area contributed by atoms with Crippen LogP contribution < -0.4 is 5.32 Å². The van der Waals surface area contributed by atoms with Crippen LogP contribution in [0.5, 0.6) is 0 Å². The number of aryl methyl sites for hydroxylation is 1. The smallest absolute Gasteiger partial charge is 0.269 e. The van der Waals surface area contributed by atoms with Crippen molar-refractivity contribution in [2.75, 3.05) is 13.2 Å². The minimum absolute atomic E-state index is 0.115. The summed E-state index contributed by atoms with van der Waals surface area (Å²) >= 11 is 0. The highest BCUT2D eigenvalue weighted by Gasteiger charge is 2.05. The van der Waals surface area contributed by atoms with Gasteiger partial charge in [-0.25, -0.2) is 4.98 Å². The normalized spacial score (nSPS) is 10.2. The summed E-state index contributed by atoms with van der Waals surface area (Å²) in [7, 11) is 0. The first kappa shape index (κ1) is 13.6. The van der Waals surface area contributed by atoms with Gasteiger partial charge in [-0.05, 0) is 31.9 Å². The van der Waals surface area contributed by atoms with E-state index in [1.165, 1.54) is 0 Å². The van der Waals surface area contributed by atoms with Gasteiger partial charge in [0.15, 0.2) is 0 Å². The highest BCUT2D eigenvalue weighted by Crippen LogP contribution is 2.00. The Hall–Kier alpha value is -1.42. The predicted molar refractivity (Wildman–Crippen MR) is 66.9 cm³/mol. The molecule has 0 spiro atoms. The van der Waals surface area contributed by atoms with E-state index in [9.17, 15) is 4.79 Å². The SMILES string of the molecule is Cc1cccc(C(=O)NCCCCCCO)n1. The average molecular weight is 236 g/mol. The molecule has 1 heterocycles. The minimum Gasteiger partial charge on any atom is -0.396 e. The van der Waals surface area contributed by atoms with Gasteiger partial charge in [0.2, 0.25) is 0 Å². The Morgan fingerprint density at radius 3 is 2.76 bits per heavy atom. The fourth-order valence-electron chi connectivity index (χ4n) is 1.55. The molecule has 2 N–H and O–H groups in total. The molecule has 1 rings (SSSR count). The van der Waals surface area contributed by atoms with Crippen molar-refractivity contribution in [2.45, 2.75) is 32.6 Å². The van der Waals surface area contributed by atoms with E-state index in [1.54, 1.807) is 6.07 Å². The van der Waals surface area contributed by atoms with Gasteiger partial charge in [-0.2, -0.15) is 0 Å². The van der Waals surface area contributed by atoms with Crippen LogP contribution in [0.1, 0.15) is 41.9 Å². The Balaban J connectivity index is 2.21. The standard InChI is InChI=1S/C13H20N2O2/c1-11-7-6-8-12(15-11)13(17)14-9-4-2-3-5-10-16/h6-8,16H,2-5,9-10H2,1H3,(H,14,17). The molecule has 0 aliphatic heterocycles. The highest BCUT2D eigenvalue weighted by atomic mass is 16.2. The number of pyridine rings is 1. The van der Waals surface area contributed by atoms with Crippen LogP contribution >= 0.6 is 0 Å². The Morgan fingerprint density at radius 1 is 1.29 bits per heavy atom. The molecule has 1 amide bonds. The first-order valence-electron chi connectivity index (χ1n) is 6.07. The molecular weight excluding hydrogens is 216 g/mol. The van der Waals surface area contributed by atoms with Gasteiger partial charge in [0.25, 0.3) is 5.91 Å². The lowest BCUT2D eigenvalue weighted by molar-refractivity contribution is 0.0947. The second kappa shape index (κ2) is 7.79. The molecule has 4 nitrogen and oxygen atoms in total. The van der Waals surface area contributed by atoms with Crippen LogP contribution in [0.4, 0.5) is 0 Å². The third kappa shape index (κ3) is 5.45. The summed E-state index contributed by atoms with van der Waals surface area (Å²) in [4.78, 5) is 15.8. The van der Waals surface area contributed by atoms with Crippen molar-refractivity contribution in [3.8, 4) is 0 Å². The molecule has 0 aromatic carbocycles. The highest BCUT2D eigenvalue weighted by molar-refractivity contribution is 5.92. The number of hydrogen-bond acceptors (Lipinski definition) is 3. The number of nitrogens with zero attached hydrogens (tertiary/aromatic N) is 1. The molecule has 1 aromatic heterocycles. The van der Waals surface area contributed by atoms with Crippen molar-refractivity contribution in [1.29, 1.82) is 0 Å². The van der Waals surface area contributed by atoms with E-state index in [0.717, 1.165) is 31.4 Å². The topological polar surface area (TPSA) is 62.2 Å². The fraction of sp³-hybridized carbons (Fsp3) is 0.538. The van der Waals surface area contributed by atoms with Crippen LogP contribution in [-0.4, -0.2) is 29.1 Å². The van der Waals surface area contributed by atoms with Crippen molar-refractivity contribution >= 4 is 5.91 Å². The second-order valence-electron chi connectivity index (χ2n) is 4.06. The molecule has 0 aliphatic carbocycles. The number of amides is 1. The average Bonchev–Trinajstić information content (AvgIpc) is 2.33. The largest absolute Gasteiger partial charge is 0.396 e. The molecule has 0 atom stereocenters. The maximum atomic E-state index is 11.7. The van der Waals surface area contributed by atoms with Crippen LogP contribution in [0.15, 0.2) is 18.2 Å². The molecule has 1 aromatic rings. The number of aliphatic hydroxyl groups excluding tert-OH is 1. The van der Waals surface area contributed by atoms with Crippen LogP contribution in [0, 0.1) is 6.92 Å². The van der Waals surface area contributed by atoms with Crippen molar-refractivity contribution in [3.63, 3.8) is 0 Å². The number of rotatable bonds is 7. The third-order valence-electron chi connectivity index (χ3n) is 2.49. The number of carbonyl (C=O) groups is 1. The van der Waals surface area contributed by atoms with Crippen molar-refractivity contribution < 1.29 is 9.90 Å². The number of aliphatic hydroxyl groups is 1. The lowest BCUT2D eigenvalue weighted by atomic mass is 10.2. The van der Waals surface area contributed by atoms with Crippen LogP contribution in [0.3, 0.4) is 0 Å². The van der Waals surface area contributed by atoms with Crippen molar-refractivity contribution in [3.05, 3.63) is 29.6 Å². The summed E-state index contributed by atoms with van der Waals surface area (Å²) in [5.74, 6) is -0.115. The molecule has 94 valence electrons. The van der Waals surface area contributed by atoms with Gasteiger partial charge in [0.05, 0.1) is 0 Å². The van der Waals surface area contributed by atoms with Crippen molar-refractivity contribution in [2.24, 2.45) is 0 Å². The third-order valence-corrected chi connectivity index (χ3v) is 2.49. The molecule has 0 fully saturated rings. The molecule has 0 saturated carbocycles. The number of hydrogen-bond donors (Lipinski definition) is 2. The molecule has 4 heteroatoms. The molecule has 0 unspecified atom stereocenters. The van der Waals surface area contributed by atoms with Gasteiger partial charge >= 0.3 is 0 Å². The zero-order chi connectivity index (χ0) is 12.5. The molecule has 0 saturated heterocycles. The Morgan fingerprint density at radius 2 is 2.06 bits per heavy atom. The van der Waals surface area contributed by atoms with E-state index < -0.39 is 0 Å². The van der Waals surface area contributed by atoms with E-state index in [-0.39, 0.29) is 12.5 Å². The summed E-state index contributed by atoms with van der Waals surface area (Å²) in [5, 5.41) is 11.4. The van der Waals surface area contributed by atoms with Crippen LogP contribution in [0.25, 0.3) is 0 Å². The number of nitrogens with one attached hydrogen (secondary N) is 1. The number of unbranched alkanes of at least 4 members (excludes halogenated alkanes) is 3. The van der Waals surface area contributed by atoms with Crippen LogP contribution in [0.2, 0.25) is 0 Å². The maximum Gasteiger partial charge on any atom is 0.269 e. The maximum absolute atomic E-state index is 11.7. The van der Waals surface area contributed by atoms with Gasteiger partial charge in [-0.15, -0.1) is 0 Å². The van der Waals surface area contributed by atoms with Gasteiger partial charge in [-0.3, -0.25) is 4.79 Å². The summed E-state index contributed by atoms with van der Waals surface area (Å²) in [6.07, 6.45) is 3.82. The Kier molecular flexibility index (Phi) is 6.25. The molecule has 0 aliphatic rings. The van der Waals surface area contributed by atoms with Crippen molar-refractivity contribution in [1.82, 2.24) is 10.3 Å².